The highest BCUT2D eigenvalue weighted by atomic mass is 35.5. The molecule has 3 rings (SSSR count). The third kappa shape index (κ3) is 4.25. The summed E-state index contributed by atoms with van der Waals surface area (Å²) in [6.45, 7) is 3.49. The van der Waals surface area contributed by atoms with E-state index < -0.39 is 0 Å². The predicted octanol–water partition coefficient (Wildman–Crippen LogP) is 5.17. The van der Waals surface area contributed by atoms with Gasteiger partial charge in [0.15, 0.2) is 5.11 Å². The molecule has 1 aliphatic heterocycles. The van der Waals surface area contributed by atoms with E-state index in [4.69, 9.17) is 47.0 Å². The average molecular weight is 401 g/mol. The van der Waals surface area contributed by atoms with Gasteiger partial charge in [0.2, 0.25) is 0 Å². The second-order valence-corrected chi connectivity index (χ2v) is 7.17. The minimum absolute atomic E-state index is 0.560. The molecule has 24 heavy (non-hydrogen) atoms. The highest BCUT2D eigenvalue weighted by Crippen LogP contribution is 2.26. The minimum Gasteiger partial charge on any atom is -0.368 e. The van der Waals surface area contributed by atoms with Crippen molar-refractivity contribution in [2.24, 2.45) is 0 Å². The monoisotopic (exact) mass is 399 g/mol. The van der Waals surface area contributed by atoms with Crippen molar-refractivity contribution in [2.45, 2.75) is 0 Å². The Balaban J connectivity index is 1.58. The smallest absolute Gasteiger partial charge is 0.173 e. The van der Waals surface area contributed by atoms with Crippen molar-refractivity contribution in [3.63, 3.8) is 0 Å². The van der Waals surface area contributed by atoms with E-state index in [0.29, 0.717) is 15.2 Å². The predicted molar refractivity (Wildman–Crippen MR) is 108 cm³/mol. The summed E-state index contributed by atoms with van der Waals surface area (Å²) in [5, 5.41) is 5.79. The third-order valence-corrected chi connectivity index (χ3v) is 5.09. The maximum Gasteiger partial charge on any atom is 0.173 e. The van der Waals surface area contributed by atoms with E-state index in [1.54, 1.807) is 12.1 Å². The Morgan fingerprint density at radius 3 is 2.12 bits per heavy atom. The molecule has 7 heteroatoms. The molecule has 3 nitrogen and oxygen atoms in total. The number of rotatable bonds is 2. The number of nitrogens with one attached hydrogen (secondary N) is 1. The van der Waals surface area contributed by atoms with Gasteiger partial charge in [-0.3, -0.25) is 0 Å². The summed E-state index contributed by atoms with van der Waals surface area (Å²) < 4.78 is 0. The molecule has 126 valence electrons. The van der Waals surface area contributed by atoms with Crippen molar-refractivity contribution >= 4 is 63.5 Å². The Morgan fingerprint density at radius 2 is 1.50 bits per heavy atom. The van der Waals surface area contributed by atoms with Crippen molar-refractivity contribution in [2.75, 3.05) is 36.4 Å². The van der Waals surface area contributed by atoms with Crippen LogP contribution in [0.1, 0.15) is 0 Å². The zero-order chi connectivity index (χ0) is 17.1. The van der Waals surface area contributed by atoms with Gasteiger partial charge in [0.1, 0.15) is 0 Å². The van der Waals surface area contributed by atoms with Crippen LogP contribution in [0.2, 0.25) is 15.1 Å². The topological polar surface area (TPSA) is 18.5 Å². The van der Waals surface area contributed by atoms with Gasteiger partial charge in [0.05, 0.1) is 10.7 Å². The molecule has 0 aromatic heterocycles. The highest BCUT2D eigenvalue weighted by molar-refractivity contribution is 7.80. The fourth-order valence-corrected chi connectivity index (χ4v) is 3.48. The van der Waals surface area contributed by atoms with Crippen LogP contribution in [-0.2, 0) is 0 Å². The summed E-state index contributed by atoms with van der Waals surface area (Å²) in [5.41, 5.74) is 1.95. The largest absolute Gasteiger partial charge is 0.368 e. The van der Waals surface area contributed by atoms with Crippen molar-refractivity contribution in [1.29, 1.82) is 0 Å². The summed E-state index contributed by atoms with van der Waals surface area (Å²) in [7, 11) is 0. The summed E-state index contributed by atoms with van der Waals surface area (Å²) in [5.74, 6) is 0. The van der Waals surface area contributed by atoms with Gasteiger partial charge in [-0.05, 0) is 54.7 Å². The van der Waals surface area contributed by atoms with Crippen LogP contribution in [0.25, 0.3) is 0 Å². The molecule has 2 aromatic rings. The van der Waals surface area contributed by atoms with Crippen molar-refractivity contribution in [3.8, 4) is 0 Å². The fourth-order valence-electron chi connectivity index (χ4n) is 2.60. The maximum atomic E-state index is 6.18. The van der Waals surface area contributed by atoms with Crippen molar-refractivity contribution in [1.82, 2.24) is 4.90 Å². The first-order valence-corrected chi connectivity index (χ1v) is 9.08. The normalized spacial score (nSPS) is 14.6. The number of hydrogen-bond donors (Lipinski definition) is 1. The van der Waals surface area contributed by atoms with Crippen LogP contribution in [0.4, 0.5) is 11.4 Å². The lowest BCUT2D eigenvalue weighted by atomic mass is 10.2. The summed E-state index contributed by atoms with van der Waals surface area (Å²) >= 11 is 23.6. The molecule has 0 radical (unpaired) electrons. The Bertz CT molecular complexity index is 728. The average Bonchev–Trinajstić information content (AvgIpc) is 2.58. The van der Waals surface area contributed by atoms with E-state index in [9.17, 15) is 0 Å². The summed E-state index contributed by atoms with van der Waals surface area (Å²) in [6, 6.07) is 13.2. The zero-order valence-electron chi connectivity index (χ0n) is 12.8. The molecule has 0 aliphatic carbocycles. The van der Waals surface area contributed by atoms with E-state index >= 15 is 0 Å². The number of hydrogen-bond acceptors (Lipinski definition) is 2. The Hall–Kier alpha value is -1.20. The van der Waals surface area contributed by atoms with Crippen LogP contribution < -0.4 is 10.2 Å². The molecule has 0 unspecified atom stereocenters. The lowest BCUT2D eigenvalue weighted by Crippen LogP contribution is -2.50. The number of nitrogens with zero attached hydrogens (tertiary/aromatic N) is 2. The van der Waals surface area contributed by atoms with Crippen LogP contribution in [0.3, 0.4) is 0 Å². The van der Waals surface area contributed by atoms with Crippen LogP contribution in [0.5, 0.6) is 0 Å². The Kier molecular flexibility index (Phi) is 5.72. The first-order valence-electron chi connectivity index (χ1n) is 7.54. The molecule has 0 saturated carbocycles. The van der Waals surface area contributed by atoms with Gasteiger partial charge in [0.25, 0.3) is 0 Å². The Labute approximate surface area is 162 Å². The third-order valence-electron chi connectivity index (χ3n) is 3.93. The van der Waals surface area contributed by atoms with Gasteiger partial charge in [-0.25, -0.2) is 0 Å². The quantitative estimate of drug-likeness (QED) is 0.701. The standard InChI is InChI=1S/C17H16Cl3N3S/c18-12-1-4-14(5-2-12)22-7-9-23(10-8-22)17(24)21-16-6-3-13(19)11-15(16)20/h1-6,11H,7-10H2,(H,21,24). The molecular weight excluding hydrogens is 385 g/mol. The van der Waals surface area contributed by atoms with E-state index in [2.05, 4.69) is 15.1 Å². The van der Waals surface area contributed by atoms with Gasteiger partial charge in [-0.1, -0.05) is 34.8 Å². The van der Waals surface area contributed by atoms with E-state index in [1.807, 2.05) is 30.3 Å². The van der Waals surface area contributed by atoms with Gasteiger partial charge in [-0.15, -0.1) is 0 Å². The molecule has 0 amide bonds. The first kappa shape index (κ1) is 17.6. The lowest BCUT2D eigenvalue weighted by Gasteiger charge is -2.37. The molecule has 0 atom stereocenters. The number of benzene rings is 2. The fraction of sp³-hybridized carbons (Fsp3) is 0.235. The van der Waals surface area contributed by atoms with Crippen molar-refractivity contribution in [3.05, 3.63) is 57.5 Å². The van der Waals surface area contributed by atoms with Gasteiger partial charge in [0, 0.05) is 41.9 Å². The van der Waals surface area contributed by atoms with Crippen LogP contribution in [0.15, 0.2) is 42.5 Å². The summed E-state index contributed by atoms with van der Waals surface area (Å²) in [6.07, 6.45) is 0. The van der Waals surface area contributed by atoms with E-state index in [0.717, 1.165) is 36.9 Å². The number of piperazine rings is 1. The van der Waals surface area contributed by atoms with Crippen LogP contribution >= 0.6 is 47.0 Å². The molecule has 1 N–H and O–H groups in total. The second-order valence-electron chi connectivity index (χ2n) is 5.50. The van der Waals surface area contributed by atoms with Gasteiger partial charge < -0.3 is 15.1 Å². The van der Waals surface area contributed by atoms with Gasteiger partial charge in [-0.2, -0.15) is 0 Å². The second kappa shape index (κ2) is 7.79. The van der Waals surface area contributed by atoms with Crippen LogP contribution in [0, 0.1) is 0 Å². The number of thiocarbonyl (C=S) groups is 1. The van der Waals surface area contributed by atoms with Crippen LogP contribution in [-0.4, -0.2) is 36.2 Å². The number of halogens is 3. The summed E-state index contributed by atoms with van der Waals surface area (Å²) in [4.78, 5) is 4.47. The molecule has 0 spiro atoms. The Morgan fingerprint density at radius 1 is 0.875 bits per heavy atom. The highest BCUT2D eigenvalue weighted by Gasteiger charge is 2.19. The zero-order valence-corrected chi connectivity index (χ0v) is 15.9. The maximum absolute atomic E-state index is 6.18. The number of anilines is 2. The molecule has 1 saturated heterocycles. The van der Waals surface area contributed by atoms with Gasteiger partial charge >= 0.3 is 0 Å². The molecular formula is C17H16Cl3N3S. The minimum atomic E-state index is 0.560. The molecule has 1 heterocycles. The van der Waals surface area contributed by atoms with E-state index in [-0.39, 0.29) is 0 Å². The lowest BCUT2D eigenvalue weighted by molar-refractivity contribution is 0.391. The molecule has 0 bridgehead atoms. The SMILES string of the molecule is S=C(Nc1ccc(Cl)cc1Cl)N1CCN(c2ccc(Cl)cc2)CC1. The molecule has 1 fully saturated rings. The van der Waals surface area contributed by atoms with Crippen molar-refractivity contribution < 1.29 is 0 Å². The molecule has 1 aliphatic rings. The van der Waals surface area contributed by atoms with E-state index in [1.165, 1.54) is 5.69 Å². The first-order chi connectivity index (χ1) is 11.5. The molecule has 2 aromatic carbocycles.